The molecule has 19 heavy (non-hydrogen) atoms. The zero-order valence-electron chi connectivity index (χ0n) is 9.66. The summed E-state index contributed by atoms with van der Waals surface area (Å²) < 4.78 is 32.1. The fraction of sp³-hybridized carbons (Fsp3) is 0.0714. The third-order valence-corrected chi connectivity index (χ3v) is 2.72. The van der Waals surface area contributed by atoms with E-state index in [2.05, 4.69) is 0 Å². The molecule has 0 saturated carbocycles. The molecule has 0 bridgehead atoms. The lowest BCUT2D eigenvalue weighted by molar-refractivity contribution is 0.297. The van der Waals surface area contributed by atoms with Gasteiger partial charge in [0, 0.05) is 10.6 Å². The van der Waals surface area contributed by atoms with Crippen molar-refractivity contribution in [3.63, 3.8) is 0 Å². The Bertz CT molecular complexity index is 652. The molecule has 0 aliphatic carbocycles. The van der Waals surface area contributed by atoms with Gasteiger partial charge in [-0.05, 0) is 24.3 Å². The SMILES string of the molecule is N#Cc1c(F)cccc1OCc1ccc(Cl)cc1F. The van der Waals surface area contributed by atoms with Crippen LogP contribution in [-0.2, 0) is 6.61 Å². The summed E-state index contributed by atoms with van der Waals surface area (Å²) in [6.45, 7) is -0.110. The van der Waals surface area contributed by atoms with Gasteiger partial charge in [0.15, 0.2) is 0 Å². The van der Waals surface area contributed by atoms with E-state index >= 15 is 0 Å². The highest BCUT2D eigenvalue weighted by atomic mass is 35.5. The lowest BCUT2D eigenvalue weighted by Gasteiger charge is -2.09. The number of hydrogen-bond donors (Lipinski definition) is 0. The van der Waals surface area contributed by atoms with Crippen LogP contribution in [0.5, 0.6) is 5.75 Å². The molecule has 0 spiro atoms. The first kappa shape index (κ1) is 13.3. The van der Waals surface area contributed by atoms with Gasteiger partial charge in [-0.15, -0.1) is 0 Å². The Kier molecular flexibility index (Phi) is 3.98. The highest BCUT2D eigenvalue weighted by Crippen LogP contribution is 2.22. The molecule has 2 aromatic rings. The minimum atomic E-state index is -0.670. The van der Waals surface area contributed by atoms with E-state index in [0.29, 0.717) is 0 Å². The number of hydrogen-bond acceptors (Lipinski definition) is 2. The first-order valence-corrected chi connectivity index (χ1v) is 5.75. The second-order valence-electron chi connectivity index (χ2n) is 3.75. The minimum Gasteiger partial charge on any atom is -0.487 e. The van der Waals surface area contributed by atoms with Crippen molar-refractivity contribution in [2.75, 3.05) is 0 Å². The summed E-state index contributed by atoms with van der Waals surface area (Å²) in [5.41, 5.74) is 0.0782. The lowest BCUT2D eigenvalue weighted by atomic mass is 10.2. The molecule has 2 rings (SSSR count). The number of nitriles is 1. The van der Waals surface area contributed by atoms with Gasteiger partial charge in [0.1, 0.15) is 35.6 Å². The molecule has 2 nitrogen and oxygen atoms in total. The van der Waals surface area contributed by atoms with Gasteiger partial charge in [-0.25, -0.2) is 8.78 Å². The van der Waals surface area contributed by atoms with Crippen LogP contribution in [0.4, 0.5) is 8.78 Å². The molecule has 0 unspecified atom stereocenters. The first-order chi connectivity index (χ1) is 9.11. The first-order valence-electron chi connectivity index (χ1n) is 5.37. The Morgan fingerprint density at radius 3 is 2.63 bits per heavy atom. The monoisotopic (exact) mass is 279 g/mol. The highest BCUT2D eigenvalue weighted by molar-refractivity contribution is 6.30. The van der Waals surface area contributed by atoms with E-state index in [-0.39, 0.29) is 28.5 Å². The molecule has 0 amide bonds. The second kappa shape index (κ2) is 5.68. The van der Waals surface area contributed by atoms with Gasteiger partial charge in [-0.1, -0.05) is 23.7 Å². The summed E-state index contributed by atoms with van der Waals surface area (Å²) in [4.78, 5) is 0. The van der Waals surface area contributed by atoms with Gasteiger partial charge >= 0.3 is 0 Å². The van der Waals surface area contributed by atoms with Crippen LogP contribution in [0, 0.1) is 23.0 Å². The van der Waals surface area contributed by atoms with Gasteiger partial charge < -0.3 is 4.74 Å². The average Bonchev–Trinajstić information content (AvgIpc) is 2.38. The summed E-state index contributed by atoms with van der Waals surface area (Å²) in [6.07, 6.45) is 0. The molecular formula is C14H8ClF2NO. The third kappa shape index (κ3) is 3.01. The maximum atomic E-state index is 13.5. The van der Waals surface area contributed by atoms with E-state index in [1.165, 1.54) is 24.3 Å². The fourth-order valence-corrected chi connectivity index (χ4v) is 1.69. The Balaban J connectivity index is 2.20. The second-order valence-corrected chi connectivity index (χ2v) is 4.19. The summed E-state index contributed by atoms with van der Waals surface area (Å²) >= 11 is 5.63. The molecule has 0 aliphatic rings. The smallest absolute Gasteiger partial charge is 0.144 e. The molecule has 0 aliphatic heterocycles. The van der Waals surface area contributed by atoms with Crippen LogP contribution in [-0.4, -0.2) is 0 Å². The Labute approximate surface area is 113 Å². The molecular weight excluding hydrogens is 272 g/mol. The van der Waals surface area contributed by atoms with E-state index in [1.54, 1.807) is 6.07 Å². The molecule has 0 N–H and O–H groups in total. The molecule has 0 aromatic heterocycles. The predicted octanol–water partition coefficient (Wildman–Crippen LogP) is 4.07. The normalized spacial score (nSPS) is 10.0. The molecule has 0 saturated heterocycles. The maximum absolute atomic E-state index is 13.5. The van der Waals surface area contributed by atoms with E-state index in [4.69, 9.17) is 21.6 Å². The average molecular weight is 280 g/mol. The van der Waals surface area contributed by atoms with Crippen molar-refractivity contribution in [3.05, 3.63) is 64.2 Å². The number of rotatable bonds is 3. The molecule has 0 heterocycles. The summed E-state index contributed by atoms with van der Waals surface area (Å²) in [5, 5.41) is 9.11. The van der Waals surface area contributed by atoms with Crippen LogP contribution >= 0.6 is 11.6 Å². The van der Waals surface area contributed by atoms with Gasteiger partial charge in [0.05, 0.1) is 0 Å². The van der Waals surface area contributed by atoms with Crippen LogP contribution in [0.15, 0.2) is 36.4 Å². The molecule has 0 atom stereocenters. The molecule has 2 aromatic carbocycles. The Hall–Kier alpha value is -2.12. The number of halogens is 3. The molecule has 0 fully saturated rings. The Morgan fingerprint density at radius 2 is 1.95 bits per heavy atom. The van der Waals surface area contributed by atoms with Gasteiger partial charge in [-0.3, -0.25) is 0 Å². The highest BCUT2D eigenvalue weighted by Gasteiger charge is 2.10. The molecule has 5 heteroatoms. The number of benzene rings is 2. The topological polar surface area (TPSA) is 33.0 Å². The number of ether oxygens (including phenoxy) is 1. The van der Waals surface area contributed by atoms with E-state index < -0.39 is 11.6 Å². The van der Waals surface area contributed by atoms with Crippen molar-refractivity contribution in [1.82, 2.24) is 0 Å². The van der Waals surface area contributed by atoms with Crippen molar-refractivity contribution in [3.8, 4) is 11.8 Å². The van der Waals surface area contributed by atoms with E-state index in [1.807, 2.05) is 0 Å². The van der Waals surface area contributed by atoms with Crippen molar-refractivity contribution in [1.29, 1.82) is 5.26 Å². The summed E-state index contributed by atoms with van der Waals surface area (Å²) in [7, 11) is 0. The van der Waals surface area contributed by atoms with Crippen LogP contribution in [0.1, 0.15) is 11.1 Å². The van der Waals surface area contributed by atoms with E-state index in [0.717, 1.165) is 12.1 Å². The van der Waals surface area contributed by atoms with Crippen LogP contribution in [0.3, 0.4) is 0 Å². The number of nitrogens with zero attached hydrogens (tertiary/aromatic N) is 1. The molecule has 0 radical (unpaired) electrons. The lowest BCUT2D eigenvalue weighted by Crippen LogP contribution is -2.00. The van der Waals surface area contributed by atoms with Crippen molar-refractivity contribution < 1.29 is 13.5 Å². The van der Waals surface area contributed by atoms with E-state index in [9.17, 15) is 8.78 Å². The van der Waals surface area contributed by atoms with Crippen LogP contribution in [0.2, 0.25) is 5.02 Å². The van der Waals surface area contributed by atoms with Crippen molar-refractivity contribution in [2.45, 2.75) is 6.61 Å². The zero-order chi connectivity index (χ0) is 13.8. The quantitative estimate of drug-likeness (QED) is 0.848. The predicted molar refractivity (Wildman–Crippen MR) is 66.9 cm³/mol. The van der Waals surface area contributed by atoms with Crippen molar-refractivity contribution in [2.24, 2.45) is 0 Å². The summed E-state index contributed by atoms with van der Waals surface area (Å²) in [6, 6.07) is 9.91. The maximum Gasteiger partial charge on any atom is 0.144 e. The van der Waals surface area contributed by atoms with Crippen molar-refractivity contribution >= 4 is 11.6 Å². The summed E-state index contributed by atoms with van der Waals surface area (Å²) in [5.74, 6) is -1.10. The molecule has 96 valence electrons. The van der Waals surface area contributed by atoms with Gasteiger partial charge in [0.2, 0.25) is 0 Å². The third-order valence-electron chi connectivity index (χ3n) is 2.49. The largest absolute Gasteiger partial charge is 0.487 e. The van der Waals surface area contributed by atoms with Crippen LogP contribution < -0.4 is 4.74 Å². The minimum absolute atomic E-state index is 0.0804. The van der Waals surface area contributed by atoms with Gasteiger partial charge in [0.25, 0.3) is 0 Å². The van der Waals surface area contributed by atoms with Gasteiger partial charge in [-0.2, -0.15) is 5.26 Å². The fourth-order valence-electron chi connectivity index (χ4n) is 1.53. The zero-order valence-corrected chi connectivity index (χ0v) is 10.4. The standard InChI is InChI=1S/C14H8ClF2NO/c15-10-5-4-9(13(17)6-10)8-19-14-3-1-2-12(16)11(14)7-18/h1-6H,8H2. The Morgan fingerprint density at radius 1 is 1.16 bits per heavy atom. The van der Waals surface area contributed by atoms with Crippen LogP contribution in [0.25, 0.3) is 0 Å².